The van der Waals surface area contributed by atoms with Crippen LogP contribution in [-0.4, -0.2) is 81.9 Å². The van der Waals surface area contributed by atoms with Gasteiger partial charge >= 0.3 is 0 Å². The highest BCUT2D eigenvalue weighted by Gasteiger charge is 2.37. The van der Waals surface area contributed by atoms with E-state index in [2.05, 4.69) is 29.9 Å². The molecule has 4 aromatic rings. The lowest BCUT2D eigenvalue weighted by Gasteiger charge is -2.35. The number of sulfonamides is 1. The molecule has 0 bridgehead atoms. The Morgan fingerprint density at radius 1 is 1.05 bits per heavy atom. The number of nitrogens with one attached hydrogen (secondary N) is 1. The summed E-state index contributed by atoms with van der Waals surface area (Å²) in [4.78, 5) is 13.6. The van der Waals surface area contributed by atoms with Gasteiger partial charge < -0.3 is 19.5 Å². The molecule has 15 heteroatoms. The molecule has 1 saturated heterocycles. The van der Waals surface area contributed by atoms with Crippen LogP contribution in [0.15, 0.2) is 49.1 Å². The van der Waals surface area contributed by atoms with E-state index >= 15 is 0 Å². The Morgan fingerprint density at radius 2 is 1.75 bits per heavy atom. The van der Waals surface area contributed by atoms with Gasteiger partial charge in [0, 0.05) is 31.0 Å². The molecule has 0 amide bonds. The van der Waals surface area contributed by atoms with E-state index in [1.165, 1.54) is 23.7 Å². The molecule has 210 valence electrons. The van der Waals surface area contributed by atoms with E-state index in [0.29, 0.717) is 28.6 Å². The number of nitrogens with zero attached hydrogens (tertiary/aromatic N) is 7. The van der Waals surface area contributed by atoms with Gasteiger partial charge in [-0.05, 0) is 37.1 Å². The van der Waals surface area contributed by atoms with Crippen LogP contribution in [-0.2, 0) is 10.0 Å². The molecule has 1 aliphatic heterocycles. The summed E-state index contributed by atoms with van der Waals surface area (Å²) < 4.78 is 56.0. The number of benzene rings is 1. The number of β-amino-alcohol motifs (C(OH)–C–C–N with tert-alkyl or cyclic N) is 1. The van der Waals surface area contributed by atoms with Crippen LogP contribution >= 0.6 is 0 Å². The lowest BCUT2D eigenvalue weighted by Crippen LogP contribution is -2.50. The number of piperidine rings is 1. The molecule has 13 nitrogen and oxygen atoms in total. The van der Waals surface area contributed by atoms with E-state index in [-0.39, 0.29) is 31.4 Å². The van der Waals surface area contributed by atoms with Crippen LogP contribution in [0.2, 0.25) is 0 Å². The zero-order valence-electron chi connectivity index (χ0n) is 21.9. The Kier molecular flexibility index (Phi) is 7.49. The molecule has 40 heavy (non-hydrogen) atoms. The van der Waals surface area contributed by atoms with E-state index in [0.717, 1.165) is 18.0 Å². The number of halogens is 1. The highest BCUT2D eigenvalue weighted by Crippen LogP contribution is 2.38. The molecule has 3 aromatic heterocycles. The van der Waals surface area contributed by atoms with Crippen LogP contribution < -0.4 is 19.1 Å². The lowest BCUT2D eigenvalue weighted by atomic mass is 10.1. The fourth-order valence-electron chi connectivity index (χ4n) is 4.57. The maximum Gasteiger partial charge on any atom is 0.243 e. The molecule has 1 unspecified atom stereocenters. The zero-order chi connectivity index (χ0) is 28.4. The first-order chi connectivity index (χ1) is 19.2. The van der Waals surface area contributed by atoms with E-state index in [4.69, 9.17) is 9.47 Å². The number of methoxy groups -OCH3 is 2. The highest BCUT2D eigenvalue weighted by molar-refractivity contribution is 7.93. The molecular weight excluding hydrogens is 543 g/mol. The van der Waals surface area contributed by atoms with Gasteiger partial charge in [-0.3, -0.25) is 14.3 Å². The van der Waals surface area contributed by atoms with Gasteiger partial charge in [0.1, 0.15) is 22.4 Å². The summed E-state index contributed by atoms with van der Waals surface area (Å²) in [5, 5.41) is 17.9. The first-order valence-corrected chi connectivity index (χ1v) is 13.8. The zero-order valence-corrected chi connectivity index (χ0v) is 22.7. The first-order valence-electron chi connectivity index (χ1n) is 12.2. The Balaban J connectivity index is 1.57. The van der Waals surface area contributed by atoms with Crippen molar-refractivity contribution in [2.24, 2.45) is 0 Å². The highest BCUT2D eigenvalue weighted by atomic mass is 32.2. The van der Waals surface area contributed by atoms with Gasteiger partial charge in [0.2, 0.25) is 21.9 Å². The third-order valence-electron chi connectivity index (χ3n) is 6.37. The van der Waals surface area contributed by atoms with Crippen molar-refractivity contribution in [3.63, 3.8) is 0 Å². The summed E-state index contributed by atoms with van der Waals surface area (Å²) in [6.45, 7) is 1.92. The minimum absolute atomic E-state index is 0.0429. The molecule has 1 aliphatic rings. The largest absolute Gasteiger partial charge is 0.494 e. The second-order valence-electron chi connectivity index (χ2n) is 9.21. The predicted molar refractivity (Wildman–Crippen MR) is 144 cm³/mol. The molecule has 0 radical (unpaired) electrons. The number of aliphatic hydroxyl groups excluding tert-OH is 1. The number of pyridine rings is 1. The molecule has 0 aliphatic carbocycles. The van der Waals surface area contributed by atoms with E-state index in [1.54, 1.807) is 30.6 Å². The summed E-state index contributed by atoms with van der Waals surface area (Å²) in [5.74, 6) is 0.420. The van der Waals surface area contributed by atoms with Gasteiger partial charge in [-0.1, -0.05) is 6.07 Å². The Labute approximate surface area is 229 Å². The Hall–Kier alpha value is -4.37. The number of aryl methyl sites for hydroxylation is 1. The van der Waals surface area contributed by atoms with Crippen molar-refractivity contribution in [1.29, 1.82) is 0 Å². The molecular formula is C25H27FN8O5S. The first kappa shape index (κ1) is 27.2. The van der Waals surface area contributed by atoms with Gasteiger partial charge in [-0.15, -0.1) is 10.2 Å². The average Bonchev–Trinajstić information content (AvgIpc) is 3.34. The van der Waals surface area contributed by atoms with E-state index in [9.17, 15) is 17.9 Å². The minimum Gasteiger partial charge on any atom is -0.494 e. The van der Waals surface area contributed by atoms with Crippen LogP contribution in [0.3, 0.4) is 0 Å². The van der Waals surface area contributed by atoms with Crippen LogP contribution in [0.1, 0.15) is 12.0 Å². The lowest BCUT2D eigenvalue weighted by molar-refractivity contribution is 0.154. The summed E-state index contributed by atoms with van der Waals surface area (Å²) in [6, 6.07) is 6.98. The third-order valence-corrected chi connectivity index (χ3v) is 8.06. The fraction of sp³-hybridized carbons (Fsp3) is 0.320. The van der Waals surface area contributed by atoms with Crippen molar-refractivity contribution >= 4 is 21.9 Å². The summed E-state index contributed by atoms with van der Waals surface area (Å²) in [6.07, 6.45) is 4.19. The van der Waals surface area contributed by atoms with Crippen LogP contribution in [0, 0.1) is 12.7 Å². The van der Waals surface area contributed by atoms with Crippen molar-refractivity contribution in [1.82, 2.24) is 29.7 Å². The van der Waals surface area contributed by atoms with Crippen molar-refractivity contribution in [2.75, 3.05) is 36.9 Å². The van der Waals surface area contributed by atoms with Gasteiger partial charge in [-0.2, -0.15) is 0 Å². The van der Waals surface area contributed by atoms with Crippen LogP contribution in [0.25, 0.3) is 17.1 Å². The van der Waals surface area contributed by atoms with Gasteiger partial charge in [0.15, 0.2) is 11.6 Å². The van der Waals surface area contributed by atoms with E-state index in [1.807, 2.05) is 13.0 Å². The number of ether oxygens (including phenoxy) is 2. The topological polar surface area (TPSA) is 157 Å². The molecule has 1 fully saturated rings. The number of para-hydroxylation sites is 1. The van der Waals surface area contributed by atoms with Gasteiger partial charge in [0.05, 0.1) is 32.7 Å². The maximum absolute atomic E-state index is 13.7. The smallest absolute Gasteiger partial charge is 0.243 e. The Bertz CT molecular complexity index is 1590. The van der Waals surface area contributed by atoms with Crippen LogP contribution in [0.4, 0.5) is 16.3 Å². The monoisotopic (exact) mass is 570 g/mol. The maximum atomic E-state index is 13.7. The summed E-state index contributed by atoms with van der Waals surface area (Å²) in [7, 11) is -1.20. The normalized spacial score (nSPS) is 17.5. The molecule has 4 heterocycles. The number of rotatable bonds is 8. The summed E-state index contributed by atoms with van der Waals surface area (Å²) >= 11 is 0. The molecule has 0 spiro atoms. The number of hydrogen-bond acceptors (Lipinski definition) is 11. The number of anilines is 2. The van der Waals surface area contributed by atoms with Crippen molar-refractivity contribution in [3.05, 3.63) is 60.4 Å². The number of aliphatic hydroxyl groups is 1. The van der Waals surface area contributed by atoms with Crippen molar-refractivity contribution < 1.29 is 27.4 Å². The molecule has 2 N–H and O–H groups in total. The number of hydrogen-bond donors (Lipinski definition) is 2. The minimum atomic E-state index is -4.17. The molecule has 1 aromatic carbocycles. The second-order valence-corrected chi connectivity index (χ2v) is 11.2. The van der Waals surface area contributed by atoms with E-state index < -0.39 is 27.2 Å². The van der Waals surface area contributed by atoms with Gasteiger partial charge in [-0.25, -0.2) is 22.8 Å². The van der Waals surface area contributed by atoms with Crippen molar-refractivity contribution in [2.45, 2.75) is 24.7 Å². The second kappa shape index (κ2) is 11.0. The van der Waals surface area contributed by atoms with Crippen LogP contribution in [0.5, 0.6) is 11.5 Å². The van der Waals surface area contributed by atoms with Crippen molar-refractivity contribution in [3.8, 4) is 28.6 Å². The summed E-state index contributed by atoms with van der Waals surface area (Å²) in [5.41, 5.74) is 1.82. The fourth-order valence-corrected chi connectivity index (χ4v) is 5.98. The average molecular weight is 571 g/mol. The predicted octanol–water partition coefficient (Wildman–Crippen LogP) is 1.97. The van der Waals surface area contributed by atoms with Gasteiger partial charge in [0.25, 0.3) is 0 Å². The SMILES string of the molecule is COc1cccc(OC)c1-n1c(NS(=O)(=O)C2C[C@H](O)CN(c3ncc(F)cn3)C2)nnc1-c1cncc(C)c1. The third kappa shape index (κ3) is 5.37. The molecule has 0 saturated carbocycles. The standard InChI is InChI=1S/C25H27FN8O5S/c1-15-7-16(10-27-9-15)23-30-31-25(34(23)22-20(38-2)5-4-6-21(22)39-3)32-40(36,37)19-8-18(35)13-33(14-19)24-28-11-17(26)12-29-24/h4-7,9-12,18-19,35H,8,13-14H2,1-3H3,(H,31,32)/t18-,19?/m0/s1. The number of aromatic nitrogens is 6. The molecule has 5 rings (SSSR count). The molecule has 2 atom stereocenters. The Morgan fingerprint density at radius 3 is 2.40 bits per heavy atom. The quantitative estimate of drug-likeness (QED) is 0.319.